The van der Waals surface area contributed by atoms with Gasteiger partial charge >= 0.3 is 29.6 Å². The molecule has 0 aromatic carbocycles. The molecule has 0 spiro atoms. The van der Waals surface area contributed by atoms with Gasteiger partial charge in [0, 0.05) is 82.8 Å². The summed E-state index contributed by atoms with van der Waals surface area (Å²) in [5.74, 6) is 18.4. The molecule has 0 atom stereocenters. The Morgan fingerprint density at radius 3 is 0.830 bits per heavy atom. The number of halogens is 10. The van der Waals surface area contributed by atoms with Crippen molar-refractivity contribution >= 4 is 122 Å². The third-order valence-electron chi connectivity index (χ3n) is 2.98. The molecule has 0 bridgehead atoms. The zero-order valence-electron chi connectivity index (χ0n) is 25.5. The van der Waals surface area contributed by atoms with Gasteiger partial charge < -0.3 is 12.8 Å². The van der Waals surface area contributed by atoms with E-state index in [0.717, 1.165) is 97.3 Å². The second-order valence-electron chi connectivity index (χ2n) is 6.34. The van der Waals surface area contributed by atoms with Crippen LogP contribution in [-0.4, -0.2) is 57.9 Å². The molecule has 286 valence electrons. The molecule has 0 aliphatic carbocycles. The van der Waals surface area contributed by atoms with E-state index in [1.54, 1.807) is 0 Å². The minimum atomic E-state index is -1.00. The molecule has 0 aliphatic heterocycles. The van der Waals surface area contributed by atoms with E-state index < -0.39 is 7.15 Å². The van der Waals surface area contributed by atoms with Crippen LogP contribution in [0.1, 0.15) is 123 Å². The Kier molecular flexibility index (Phi) is 251. The molecule has 0 N–H and O–H groups in total. The Morgan fingerprint density at radius 2 is 0.702 bits per heavy atom. The molecular formula is C36H71Br4Cl5FNa. The van der Waals surface area contributed by atoms with E-state index in [1.807, 2.05) is 0 Å². The first-order valence-electron chi connectivity index (χ1n) is 13.2. The summed E-state index contributed by atoms with van der Waals surface area (Å²) in [6.07, 6.45) is 26.0. The van der Waals surface area contributed by atoms with Crippen LogP contribution in [0.4, 0.5) is 4.39 Å². The first-order valence-corrected chi connectivity index (χ1v) is 19.7. The molecule has 0 saturated heterocycles. The van der Waals surface area contributed by atoms with Crippen LogP contribution < -0.4 is 29.6 Å². The molecule has 0 heterocycles. The van der Waals surface area contributed by atoms with E-state index in [9.17, 15) is 4.39 Å². The van der Waals surface area contributed by atoms with Crippen molar-refractivity contribution in [1.29, 1.82) is 0 Å². The van der Waals surface area contributed by atoms with Crippen molar-refractivity contribution in [2.45, 2.75) is 122 Å². The van der Waals surface area contributed by atoms with Crippen LogP contribution in [0.25, 0.3) is 0 Å². The predicted molar refractivity (Wildman–Crippen MR) is 244 cm³/mol. The summed E-state index contributed by atoms with van der Waals surface area (Å²) in [5, 5.41) is 4.19. The standard InChI is InChI=1S/C8H12Br2.C8H12Cl2.C5H7Cl.2C3H6BrCl.C2H.CH3F.6CH4.Na/c2*9-7-5-3-1-2-4-6-8-10;1-2-3-4-5-6;2*4-2-1-3-5;2*1-2;;;;;;;/h2*3-8H2;1H,3-5H2;2*1-3H2;1H;1H3;6*1H4;/q;;;;;-1;;;;;;;;+1/i;;;;;;1D;;;;;;;. The van der Waals surface area contributed by atoms with Gasteiger partial charge in [0.1, 0.15) is 0 Å². The minimum Gasteiger partial charge on any atom is -0.697 e. The average Bonchev–Trinajstić information content (AvgIpc) is 2.99. The van der Waals surface area contributed by atoms with Gasteiger partial charge in [-0.2, -0.15) is 0 Å². The fourth-order valence-corrected chi connectivity index (χ4v) is 3.68. The Labute approximate surface area is 381 Å². The van der Waals surface area contributed by atoms with Crippen LogP contribution >= 0.6 is 122 Å². The van der Waals surface area contributed by atoms with Crippen molar-refractivity contribution in [3.8, 4) is 42.4 Å². The van der Waals surface area contributed by atoms with Gasteiger partial charge in [-0.25, -0.2) is 0 Å². The molecule has 47 heavy (non-hydrogen) atoms. The largest absolute Gasteiger partial charge is 1.00 e. The number of unbranched alkanes of at least 4 members (excludes halogenated alkanes) is 5. The van der Waals surface area contributed by atoms with Crippen molar-refractivity contribution in [3.05, 3.63) is 6.42 Å². The average molecular weight is 1040 g/mol. The van der Waals surface area contributed by atoms with Gasteiger partial charge in [0.05, 0.1) is 8.52 Å². The van der Waals surface area contributed by atoms with Crippen molar-refractivity contribution < 1.29 is 35.3 Å². The Bertz CT molecular complexity index is 506. The summed E-state index contributed by atoms with van der Waals surface area (Å²) in [7, 11) is -1.00. The van der Waals surface area contributed by atoms with Crippen molar-refractivity contribution in [1.82, 2.24) is 0 Å². The van der Waals surface area contributed by atoms with Gasteiger partial charge in [-0.1, -0.05) is 108 Å². The molecule has 0 rings (SSSR count). The SMILES string of the molecule is BrCCCC#CCCCBr.C.C.C.C.C.C.C#CCCCCl.ClCCCBr.ClCCCBr.ClCCCC#CCCCCl.[2H]CF.[C-]#C.[Na+]. The smallest absolute Gasteiger partial charge is 0.697 e. The topological polar surface area (TPSA) is 0 Å². The quantitative estimate of drug-likeness (QED) is 0.0535. The zero-order valence-corrected chi connectivity index (χ0v) is 36.6. The summed E-state index contributed by atoms with van der Waals surface area (Å²) in [5.41, 5.74) is 0. The minimum absolute atomic E-state index is 0. The van der Waals surface area contributed by atoms with Gasteiger partial charge in [0.25, 0.3) is 0 Å². The van der Waals surface area contributed by atoms with E-state index in [1.165, 1.54) is 12.8 Å². The van der Waals surface area contributed by atoms with Gasteiger partial charge in [-0.05, 0) is 44.9 Å². The third kappa shape index (κ3) is 190. The summed E-state index contributed by atoms with van der Waals surface area (Å²) >= 11 is 39.9. The maximum Gasteiger partial charge on any atom is 1.00 e. The first kappa shape index (κ1) is 87.4. The third-order valence-corrected chi connectivity index (χ3v) is 6.56. The molecular weight excluding hydrogens is 971 g/mol. The number of hydrogen-bond acceptors (Lipinski definition) is 0. The number of alkyl halides is 10. The molecule has 0 radical (unpaired) electrons. The number of terminal acetylenes is 2. The van der Waals surface area contributed by atoms with E-state index in [2.05, 4.69) is 99.7 Å². The predicted octanol–water partition coefficient (Wildman–Crippen LogP) is 13.6. The van der Waals surface area contributed by atoms with E-state index in [4.69, 9.17) is 72.2 Å². The van der Waals surface area contributed by atoms with Crippen LogP contribution in [-0.2, 0) is 0 Å². The van der Waals surface area contributed by atoms with Gasteiger partial charge in [0.15, 0.2) is 0 Å². The summed E-state index contributed by atoms with van der Waals surface area (Å²) in [4.78, 5) is 0. The van der Waals surface area contributed by atoms with E-state index >= 15 is 0 Å². The molecule has 0 amide bonds. The van der Waals surface area contributed by atoms with Crippen LogP contribution in [0.15, 0.2) is 0 Å². The van der Waals surface area contributed by atoms with Crippen molar-refractivity contribution in [2.24, 2.45) is 0 Å². The monoisotopic (exact) mass is 1040 g/mol. The van der Waals surface area contributed by atoms with E-state index in [-0.39, 0.29) is 74.1 Å². The van der Waals surface area contributed by atoms with Crippen LogP contribution in [0, 0.1) is 48.9 Å². The number of rotatable bonds is 14. The van der Waals surface area contributed by atoms with E-state index in [0.29, 0.717) is 17.6 Å². The molecule has 0 aromatic heterocycles. The van der Waals surface area contributed by atoms with Crippen LogP contribution in [0.3, 0.4) is 0 Å². The first-order chi connectivity index (χ1) is 20.0. The normalized spacial score (nSPS) is 6.83. The molecule has 0 aromatic rings. The summed E-state index contributed by atoms with van der Waals surface area (Å²) in [6.45, 7) is 0. The van der Waals surface area contributed by atoms with Gasteiger partial charge in [-0.15, -0.1) is 94.0 Å². The molecule has 0 saturated carbocycles. The molecule has 0 aliphatic rings. The molecule has 0 fully saturated rings. The van der Waals surface area contributed by atoms with Crippen molar-refractivity contribution in [2.75, 3.05) is 57.9 Å². The van der Waals surface area contributed by atoms with Gasteiger partial charge in [-0.3, -0.25) is 4.39 Å². The molecule has 0 nitrogen and oxygen atoms in total. The zero-order chi connectivity index (χ0) is 33.1. The second-order valence-corrected chi connectivity index (χ2v) is 11.4. The summed E-state index contributed by atoms with van der Waals surface area (Å²) < 4.78 is 15.5. The number of hydrogen-bond donors (Lipinski definition) is 0. The Hall–Kier alpha value is 2.54. The van der Waals surface area contributed by atoms with Crippen LogP contribution in [0.2, 0.25) is 0 Å². The maximum absolute atomic E-state index is 9.96. The second kappa shape index (κ2) is 135. The summed E-state index contributed by atoms with van der Waals surface area (Å²) in [6, 6.07) is 0. The molecule has 11 heteroatoms. The maximum atomic E-state index is 9.96. The van der Waals surface area contributed by atoms with Gasteiger partial charge in [0.2, 0.25) is 0 Å². The Balaban J connectivity index is -0.0000000239. The fraction of sp³-hybridized carbons (Fsp3) is 0.778. The molecule has 0 unspecified atom stereocenters. The Morgan fingerprint density at radius 1 is 0.511 bits per heavy atom. The van der Waals surface area contributed by atoms with Crippen LogP contribution in [0.5, 0.6) is 0 Å². The fourth-order valence-electron chi connectivity index (χ4n) is 1.24. The van der Waals surface area contributed by atoms with Crippen molar-refractivity contribution in [3.63, 3.8) is 0 Å².